The molecule has 6 heteroatoms. The predicted molar refractivity (Wildman–Crippen MR) is 80.7 cm³/mol. The second kappa shape index (κ2) is 7.58. The van der Waals surface area contributed by atoms with E-state index in [1.165, 1.54) is 0 Å². The molecule has 106 valence electrons. The van der Waals surface area contributed by atoms with Crippen LogP contribution in [0.1, 0.15) is 6.92 Å². The largest absolute Gasteiger partial charge is 0.378 e. The molecule has 1 atom stereocenters. The maximum Gasteiger partial charge on any atom is 0.242 e. The number of ether oxygens (including phenoxy) is 1. The van der Waals surface area contributed by atoms with Gasteiger partial charge in [0.2, 0.25) is 5.91 Å². The molecule has 1 N–H and O–H groups in total. The van der Waals surface area contributed by atoms with Crippen LogP contribution in [-0.2, 0) is 9.53 Å². The number of nitrogens with zero attached hydrogens (tertiary/aromatic N) is 1. The summed E-state index contributed by atoms with van der Waals surface area (Å²) in [5.41, 5.74) is 1.92. The summed E-state index contributed by atoms with van der Waals surface area (Å²) in [5.74, 6) is -0.184. The van der Waals surface area contributed by atoms with Crippen LogP contribution in [0, 0.1) is 0 Å². The van der Waals surface area contributed by atoms with Gasteiger partial charge < -0.3 is 15.0 Å². The fourth-order valence-electron chi connectivity index (χ4n) is 1.82. The van der Waals surface area contributed by atoms with Gasteiger partial charge in [0.1, 0.15) is 5.38 Å². The molecular weight excluding hydrogens is 287 g/mol. The topological polar surface area (TPSA) is 41.6 Å². The van der Waals surface area contributed by atoms with Gasteiger partial charge in [0.15, 0.2) is 0 Å². The SMILES string of the molecule is CC(Cl)C(=O)Nc1ccc(N2CCOCC2)cc1.Cl. The molecule has 1 saturated heterocycles. The van der Waals surface area contributed by atoms with Gasteiger partial charge in [-0.3, -0.25) is 4.79 Å². The number of carbonyl (C=O) groups is 1. The quantitative estimate of drug-likeness (QED) is 0.873. The predicted octanol–water partition coefficient (Wildman–Crippen LogP) is 2.51. The molecule has 1 aromatic carbocycles. The number of amides is 1. The molecule has 0 saturated carbocycles. The molecule has 2 rings (SSSR count). The van der Waals surface area contributed by atoms with Gasteiger partial charge in [-0.2, -0.15) is 0 Å². The standard InChI is InChI=1S/C13H17ClN2O2.ClH/c1-10(14)13(17)15-11-2-4-12(5-3-11)16-6-8-18-9-7-16;/h2-5,10H,6-9H2,1H3,(H,15,17);1H. The fourth-order valence-corrected chi connectivity index (χ4v) is 1.87. The molecule has 0 spiro atoms. The molecule has 1 heterocycles. The number of hydrogen-bond acceptors (Lipinski definition) is 3. The maximum absolute atomic E-state index is 11.4. The van der Waals surface area contributed by atoms with Gasteiger partial charge >= 0.3 is 0 Å². The molecular formula is C13H18Cl2N2O2. The Bertz CT molecular complexity index is 404. The van der Waals surface area contributed by atoms with E-state index < -0.39 is 5.38 Å². The average Bonchev–Trinajstić information content (AvgIpc) is 2.40. The van der Waals surface area contributed by atoms with E-state index in [4.69, 9.17) is 16.3 Å². The van der Waals surface area contributed by atoms with Crippen molar-refractivity contribution in [3.63, 3.8) is 0 Å². The third-order valence-electron chi connectivity index (χ3n) is 2.87. The van der Waals surface area contributed by atoms with Crippen LogP contribution >= 0.6 is 24.0 Å². The molecule has 0 aliphatic carbocycles. The lowest BCUT2D eigenvalue weighted by molar-refractivity contribution is -0.115. The molecule has 0 radical (unpaired) electrons. The first-order chi connectivity index (χ1) is 8.66. The van der Waals surface area contributed by atoms with Crippen molar-refractivity contribution < 1.29 is 9.53 Å². The van der Waals surface area contributed by atoms with Crippen LogP contribution in [0.5, 0.6) is 0 Å². The smallest absolute Gasteiger partial charge is 0.242 e. The first-order valence-electron chi connectivity index (χ1n) is 6.04. The van der Waals surface area contributed by atoms with Crippen molar-refractivity contribution in [1.82, 2.24) is 0 Å². The summed E-state index contributed by atoms with van der Waals surface area (Å²) >= 11 is 5.70. The minimum absolute atomic E-state index is 0. The van der Waals surface area contributed by atoms with Crippen molar-refractivity contribution in [1.29, 1.82) is 0 Å². The molecule has 1 unspecified atom stereocenters. The van der Waals surface area contributed by atoms with E-state index in [2.05, 4.69) is 10.2 Å². The second-order valence-corrected chi connectivity index (χ2v) is 4.91. The van der Waals surface area contributed by atoms with Crippen LogP contribution in [0.25, 0.3) is 0 Å². The Hall–Kier alpha value is -0.970. The summed E-state index contributed by atoms with van der Waals surface area (Å²) in [6, 6.07) is 7.78. The summed E-state index contributed by atoms with van der Waals surface area (Å²) in [5, 5.41) is 2.23. The highest BCUT2D eigenvalue weighted by atomic mass is 35.5. The van der Waals surface area contributed by atoms with Crippen LogP contribution in [-0.4, -0.2) is 37.6 Å². The van der Waals surface area contributed by atoms with E-state index in [0.717, 1.165) is 37.7 Å². The molecule has 1 aliphatic rings. The normalized spacial score (nSPS) is 16.4. The molecule has 1 amide bonds. The van der Waals surface area contributed by atoms with Crippen molar-refractivity contribution >= 4 is 41.3 Å². The lowest BCUT2D eigenvalue weighted by Gasteiger charge is -2.28. The Morgan fingerprint density at radius 2 is 1.89 bits per heavy atom. The highest BCUT2D eigenvalue weighted by Gasteiger charge is 2.12. The summed E-state index contributed by atoms with van der Waals surface area (Å²) in [6.45, 7) is 5.00. The summed E-state index contributed by atoms with van der Waals surface area (Å²) in [7, 11) is 0. The third kappa shape index (κ3) is 4.56. The summed E-state index contributed by atoms with van der Waals surface area (Å²) < 4.78 is 5.31. The summed E-state index contributed by atoms with van der Waals surface area (Å²) in [6.07, 6.45) is 0. The zero-order valence-corrected chi connectivity index (χ0v) is 12.3. The maximum atomic E-state index is 11.4. The van der Waals surface area contributed by atoms with Crippen molar-refractivity contribution in [2.75, 3.05) is 36.5 Å². The number of carbonyl (C=O) groups excluding carboxylic acids is 1. The molecule has 1 aromatic rings. The molecule has 1 fully saturated rings. The van der Waals surface area contributed by atoms with Gasteiger partial charge in [0.25, 0.3) is 0 Å². The van der Waals surface area contributed by atoms with E-state index in [1.807, 2.05) is 24.3 Å². The van der Waals surface area contributed by atoms with Gasteiger partial charge in [0, 0.05) is 24.5 Å². The monoisotopic (exact) mass is 304 g/mol. The molecule has 1 aliphatic heterocycles. The summed E-state index contributed by atoms with van der Waals surface area (Å²) in [4.78, 5) is 13.7. The van der Waals surface area contributed by atoms with Gasteiger partial charge in [-0.1, -0.05) is 0 Å². The van der Waals surface area contributed by atoms with Crippen LogP contribution in [0.4, 0.5) is 11.4 Å². The Balaban J connectivity index is 0.00000180. The lowest BCUT2D eigenvalue weighted by Crippen LogP contribution is -2.36. The van der Waals surface area contributed by atoms with Gasteiger partial charge in [-0.05, 0) is 31.2 Å². The Labute approximate surface area is 124 Å². The second-order valence-electron chi connectivity index (χ2n) is 4.25. The number of halogens is 2. The zero-order valence-electron chi connectivity index (χ0n) is 10.8. The van der Waals surface area contributed by atoms with Crippen LogP contribution in [0.3, 0.4) is 0 Å². The Kier molecular flexibility index (Phi) is 6.42. The third-order valence-corrected chi connectivity index (χ3v) is 3.07. The first kappa shape index (κ1) is 16.1. The minimum Gasteiger partial charge on any atom is -0.378 e. The number of benzene rings is 1. The number of alkyl halides is 1. The van der Waals surface area contributed by atoms with Crippen LogP contribution < -0.4 is 10.2 Å². The van der Waals surface area contributed by atoms with Crippen LogP contribution in [0.2, 0.25) is 0 Å². The van der Waals surface area contributed by atoms with E-state index in [-0.39, 0.29) is 18.3 Å². The van der Waals surface area contributed by atoms with Gasteiger partial charge in [-0.25, -0.2) is 0 Å². The number of rotatable bonds is 3. The van der Waals surface area contributed by atoms with Crippen molar-refractivity contribution in [3.05, 3.63) is 24.3 Å². The van der Waals surface area contributed by atoms with E-state index in [1.54, 1.807) is 6.92 Å². The lowest BCUT2D eigenvalue weighted by atomic mass is 10.2. The average molecular weight is 305 g/mol. The molecule has 4 nitrogen and oxygen atoms in total. The number of morpholine rings is 1. The first-order valence-corrected chi connectivity index (χ1v) is 6.48. The molecule has 19 heavy (non-hydrogen) atoms. The Morgan fingerprint density at radius 1 is 1.32 bits per heavy atom. The molecule has 0 aromatic heterocycles. The molecule has 0 bridgehead atoms. The highest BCUT2D eigenvalue weighted by molar-refractivity contribution is 6.32. The minimum atomic E-state index is -0.524. The van der Waals surface area contributed by atoms with Crippen molar-refractivity contribution in [3.8, 4) is 0 Å². The van der Waals surface area contributed by atoms with Crippen molar-refractivity contribution in [2.45, 2.75) is 12.3 Å². The number of nitrogens with one attached hydrogen (secondary N) is 1. The van der Waals surface area contributed by atoms with Gasteiger partial charge in [0.05, 0.1) is 13.2 Å². The zero-order chi connectivity index (χ0) is 13.0. The fraction of sp³-hybridized carbons (Fsp3) is 0.462. The van der Waals surface area contributed by atoms with E-state index in [0.29, 0.717) is 0 Å². The van der Waals surface area contributed by atoms with E-state index in [9.17, 15) is 4.79 Å². The van der Waals surface area contributed by atoms with Crippen LogP contribution in [0.15, 0.2) is 24.3 Å². The Morgan fingerprint density at radius 3 is 2.42 bits per heavy atom. The van der Waals surface area contributed by atoms with E-state index >= 15 is 0 Å². The number of hydrogen-bond donors (Lipinski definition) is 1. The van der Waals surface area contributed by atoms with Crippen molar-refractivity contribution in [2.24, 2.45) is 0 Å². The highest BCUT2D eigenvalue weighted by Crippen LogP contribution is 2.19. The number of anilines is 2. The van der Waals surface area contributed by atoms with Gasteiger partial charge in [-0.15, -0.1) is 24.0 Å².